The van der Waals surface area contributed by atoms with Crippen molar-refractivity contribution in [2.24, 2.45) is 0 Å². The van der Waals surface area contributed by atoms with E-state index < -0.39 is 5.82 Å². The molecule has 0 radical (unpaired) electrons. The zero-order valence-corrected chi connectivity index (χ0v) is 12.8. The lowest BCUT2D eigenvalue weighted by molar-refractivity contribution is 0.0953. The predicted octanol–water partition coefficient (Wildman–Crippen LogP) is 2.56. The third kappa shape index (κ3) is 3.21. The number of rotatable bonds is 5. The number of carbonyl (C=O) groups is 1. The summed E-state index contributed by atoms with van der Waals surface area (Å²) in [5, 5.41) is 2.79. The SMILES string of the molecule is CCn1c(CCNC(=O)c2cccc(F)c2)nc2cccnc21. The van der Waals surface area contributed by atoms with Crippen molar-refractivity contribution in [1.29, 1.82) is 0 Å². The molecule has 0 spiro atoms. The van der Waals surface area contributed by atoms with E-state index in [1.54, 1.807) is 12.3 Å². The fourth-order valence-electron chi connectivity index (χ4n) is 2.55. The molecule has 0 aliphatic heterocycles. The van der Waals surface area contributed by atoms with Gasteiger partial charge in [-0.25, -0.2) is 14.4 Å². The highest BCUT2D eigenvalue weighted by Gasteiger charge is 2.11. The number of fused-ring (bicyclic) bond motifs is 1. The van der Waals surface area contributed by atoms with Crippen LogP contribution in [-0.4, -0.2) is 27.0 Å². The Bertz CT molecular complexity index is 843. The van der Waals surface area contributed by atoms with Crippen LogP contribution < -0.4 is 5.32 Å². The fourth-order valence-corrected chi connectivity index (χ4v) is 2.55. The molecule has 2 aromatic heterocycles. The molecule has 0 saturated carbocycles. The van der Waals surface area contributed by atoms with E-state index in [0.717, 1.165) is 23.5 Å². The van der Waals surface area contributed by atoms with Crippen LogP contribution in [0.2, 0.25) is 0 Å². The van der Waals surface area contributed by atoms with Crippen molar-refractivity contribution in [3.05, 3.63) is 59.8 Å². The lowest BCUT2D eigenvalue weighted by atomic mass is 10.2. The van der Waals surface area contributed by atoms with Gasteiger partial charge in [-0.2, -0.15) is 0 Å². The van der Waals surface area contributed by atoms with Gasteiger partial charge in [-0.05, 0) is 37.3 Å². The van der Waals surface area contributed by atoms with E-state index in [0.29, 0.717) is 18.5 Å². The Morgan fingerprint density at radius 3 is 2.96 bits per heavy atom. The van der Waals surface area contributed by atoms with E-state index in [1.165, 1.54) is 18.2 Å². The molecule has 0 aliphatic carbocycles. The number of aromatic nitrogens is 3. The third-order valence-electron chi connectivity index (χ3n) is 3.62. The van der Waals surface area contributed by atoms with Gasteiger partial charge in [0.2, 0.25) is 0 Å². The van der Waals surface area contributed by atoms with Crippen LogP contribution in [0.4, 0.5) is 4.39 Å². The zero-order chi connectivity index (χ0) is 16.2. The number of pyridine rings is 1. The average Bonchev–Trinajstić information content (AvgIpc) is 2.92. The van der Waals surface area contributed by atoms with Crippen molar-refractivity contribution in [3.63, 3.8) is 0 Å². The minimum absolute atomic E-state index is 0.290. The Morgan fingerprint density at radius 1 is 1.30 bits per heavy atom. The topological polar surface area (TPSA) is 59.8 Å². The maximum atomic E-state index is 13.1. The van der Waals surface area contributed by atoms with E-state index in [1.807, 2.05) is 23.6 Å². The Kier molecular flexibility index (Phi) is 4.32. The Balaban J connectivity index is 1.68. The van der Waals surface area contributed by atoms with Gasteiger partial charge < -0.3 is 9.88 Å². The van der Waals surface area contributed by atoms with E-state index in [4.69, 9.17) is 0 Å². The van der Waals surface area contributed by atoms with Crippen LogP contribution in [0, 0.1) is 5.82 Å². The number of aryl methyl sites for hydroxylation is 1. The first-order valence-corrected chi connectivity index (χ1v) is 7.53. The molecule has 0 saturated heterocycles. The third-order valence-corrected chi connectivity index (χ3v) is 3.62. The van der Waals surface area contributed by atoms with Crippen molar-refractivity contribution < 1.29 is 9.18 Å². The van der Waals surface area contributed by atoms with Gasteiger partial charge in [0, 0.05) is 31.3 Å². The van der Waals surface area contributed by atoms with Gasteiger partial charge in [-0.15, -0.1) is 0 Å². The van der Waals surface area contributed by atoms with Crippen LogP contribution in [0.5, 0.6) is 0 Å². The summed E-state index contributed by atoms with van der Waals surface area (Å²) < 4.78 is 15.2. The van der Waals surface area contributed by atoms with E-state index in [-0.39, 0.29) is 5.91 Å². The molecule has 0 aliphatic rings. The van der Waals surface area contributed by atoms with Crippen LogP contribution in [0.15, 0.2) is 42.6 Å². The molecule has 0 atom stereocenters. The molecule has 1 N–H and O–H groups in total. The maximum Gasteiger partial charge on any atom is 0.251 e. The molecule has 0 unspecified atom stereocenters. The van der Waals surface area contributed by atoms with Gasteiger partial charge in [-0.1, -0.05) is 6.07 Å². The fraction of sp³-hybridized carbons (Fsp3) is 0.235. The molecule has 0 fully saturated rings. The molecule has 5 nitrogen and oxygen atoms in total. The molecule has 23 heavy (non-hydrogen) atoms. The van der Waals surface area contributed by atoms with Crippen LogP contribution in [0.1, 0.15) is 23.1 Å². The predicted molar refractivity (Wildman–Crippen MR) is 85.6 cm³/mol. The summed E-state index contributed by atoms with van der Waals surface area (Å²) in [6.07, 6.45) is 2.33. The van der Waals surface area contributed by atoms with Gasteiger partial charge in [0.1, 0.15) is 17.2 Å². The second-order valence-corrected chi connectivity index (χ2v) is 5.13. The zero-order valence-electron chi connectivity index (χ0n) is 12.8. The van der Waals surface area contributed by atoms with Crippen LogP contribution in [-0.2, 0) is 13.0 Å². The first-order chi connectivity index (χ1) is 11.2. The van der Waals surface area contributed by atoms with E-state index in [9.17, 15) is 9.18 Å². The second-order valence-electron chi connectivity index (χ2n) is 5.13. The number of carbonyl (C=O) groups excluding carboxylic acids is 1. The number of amides is 1. The molecule has 2 heterocycles. The molecular weight excluding hydrogens is 295 g/mol. The minimum atomic E-state index is -0.420. The maximum absolute atomic E-state index is 13.1. The van der Waals surface area contributed by atoms with E-state index >= 15 is 0 Å². The highest BCUT2D eigenvalue weighted by atomic mass is 19.1. The van der Waals surface area contributed by atoms with Crippen molar-refractivity contribution in [2.45, 2.75) is 19.9 Å². The highest BCUT2D eigenvalue weighted by Crippen LogP contribution is 2.13. The summed E-state index contributed by atoms with van der Waals surface area (Å²) in [5.41, 5.74) is 2.01. The molecule has 3 aromatic rings. The molecule has 118 valence electrons. The van der Waals surface area contributed by atoms with Crippen LogP contribution >= 0.6 is 0 Å². The smallest absolute Gasteiger partial charge is 0.251 e. The minimum Gasteiger partial charge on any atom is -0.352 e. The number of halogens is 1. The summed E-state index contributed by atoms with van der Waals surface area (Å²) in [4.78, 5) is 20.9. The van der Waals surface area contributed by atoms with Gasteiger partial charge in [0.25, 0.3) is 5.91 Å². The molecule has 6 heteroatoms. The first-order valence-electron chi connectivity index (χ1n) is 7.53. The lowest BCUT2D eigenvalue weighted by Crippen LogP contribution is -2.26. The number of nitrogens with zero attached hydrogens (tertiary/aromatic N) is 3. The summed E-state index contributed by atoms with van der Waals surface area (Å²) in [7, 11) is 0. The van der Waals surface area contributed by atoms with Gasteiger partial charge in [0.15, 0.2) is 5.65 Å². The molecule has 1 aromatic carbocycles. The number of hydrogen-bond donors (Lipinski definition) is 1. The summed E-state index contributed by atoms with van der Waals surface area (Å²) in [6, 6.07) is 9.41. The number of nitrogens with one attached hydrogen (secondary N) is 1. The van der Waals surface area contributed by atoms with Crippen molar-refractivity contribution in [3.8, 4) is 0 Å². The Hall–Kier alpha value is -2.76. The Labute approximate surface area is 133 Å². The average molecular weight is 312 g/mol. The summed E-state index contributed by atoms with van der Waals surface area (Å²) in [5.74, 6) is 0.166. The second kappa shape index (κ2) is 6.56. The standard InChI is InChI=1S/C17H17FN4O/c1-2-22-15(21-14-7-4-9-19-16(14)22)8-10-20-17(23)12-5-3-6-13(18)11-12/h3-7,9,11H,2,8,10H2,1H3,(H,20,23). The van der Waals surface area contributed by atoms with Crippen molar-refractivity contribution in [1.82, 2.24) is 19.9 Å². The molecule has 1 amide bonds. The van der Waals surface area contributed by atoms with Crippen LogP contribution in [0.3, 0.4) is 0 Å². The van der Waals surface area contributed by atoms with Crippen molar-refractivity contribution >= 4 is 17.1 Å². The first kappa shape index (κ1) is 15.1. The summed E-state index contributed by atoms with van der Waals surface area (Å²) in [6.45, 7) is 3.23. The highest BCUT2D eigenvalue weighted by molar-refractivity contribution is 5.94. The number of imidazole rings is 1. The quantitative estimate of drug-likeness (QED) is 0.787. The number of benzene rings is 1. The van der Waals surface area contributed by atoms with E-state index in [2.05, 4.69) is 15.3 Å². The van der Waals surface area contributed by atoms with Crippen molar-refractivity contribution in [2.75, 3.05) is 6.54 Å². The molecule has 3 rings (SSSR count). The monoisotopic (exact) mass is 312 g/mol. The largest absolute Gasteiger partial charge is 0.352 e. The molecular formula is C17H17FN4O. The van der Waals surface area contributed by atoms with Gasteiger partial charge in [-0.3, -0.25) is 4.79 Å². The van der Waals surface area contributed by atoms with Gasteiger partial charge in [0.05, 0.1) is 0 Å². The summed E-state index contributed by atoms with van der Waals surface area (Å²) >= 11 is 0. The molecule has 0 bridgehead atoms. The normalized spacial score (nSPS) is 10.9. The Morgan fingerprint density at radius 2 is 2.17 bits per heavy atom. The van der Waals surface area contributed by atoms with Crippen LogP contribution in [0.25, 0.3) is 11.2 Å². The number of hydrogen-bond acceptors (Lipinski definition) is 3. The lowest BCUT2D eigenvalue weighted by Gasteiger charge is -2.07. The van der Waals surface area contributed by atoms with Gasteiger partial charge >= 0.3 is 0 Å².